The molecule has 0 radical (unpaired) electrons. The first-order valence-electron chi connectivity index (χ1n) is 6.88. The molecule has 0 bridgehead atoms. The molecule has 0 aliphatic heterocycles. The van der Waals surface area contributed by atoms with Gasteiger partial charge in [0.2, 0.25) is 0 Å². The van der Waals surface area contributed by atoms with Gasteiger partial charge in [0.15, 0.2) is 5.13 Å². The highest BCUT2D eigenvalue weighted by Gasteiger charge is 2.06. The van der Waals surface area contributed by atoms with Crippen molar-refractivity contribution >= 4 is 26.7 Å². The summed E-state index contributed by atoms with van der Waals surface area (Å²) in [6, 6.07) is 14.9. The number of hydrogen-bond donors (Lipinski definition) is 1. The first kappa shape index (κ1) is 13.1. The minimum Gasteiger partial charge on any atom is -0.361 e. The standard InChI is InChI=1S/C17H18N2S/c1-12-10-13(2)16-15(11-12)19-17(20-16)18-9-8-14-6-4-3-5-7-14/h3-7,10-11H,8-9H2,1-2H3,(H,18,19). The number of aryl methyl sites for hydroxylation is 2. The summed E-state index contributed by atoms with van der Waals surface area (Å²) in [5, 5.41) is 4.45. The van der Waals surface area contributed by atoms with E-state index in [9.17, 15) is 0 Å². The number of thiazole rings is 1. The van der Waals surface area contributed by atoms with Gasteiger partial charge in [-0.1, -0.05) is 47.7 Å². The predicted molar refractivity (Wildman–Crippen MR) is 87.7 cm³/mol. The van der Waals surface area contributed by atoms with Crippen LogP contribution in [0, 0.1) is 13.8 Å². The summed E-state index contributed by atoms with van der Waals surface area (Å²) < 4.78 is 1.29. The Bertz CT molecular complexity index is 716. The van der Waals surface area contributed by atoms with Crippen LogP contribution < -0.4 is 5.32 Å². The second kappa shape index (κ2) is 5.63. The van der Waals surface area contributed by atoms with Crippen LogP contribution in [0.1, 0.15) is 16.7 Å². The number of fused-ring (bicyclic) bond motifs is 1. The molecule has 1 aromatic heterocycles. The summed E-state index contributed by atoms with van der Waals surface area (Å²) in [5.74, 6) is 0. The Morgan fingerprint density at radius 1 is 1.10 bits per heavy atom. The Labute approximate surface area is 123 Å². The highest BCUT2D eigenvalue weighted by molar-refractivity contribution is 7.22. The molecule has 0 amide bonds. The molecule has 102 valence electrons. The van der Waals surface area contributed by atoms with Crippen molar-refractivity contribution in [2.24, 2.45) is 0 Å². The van der Waals surface area contributed by atoms with E-state index in [2.05, 4.69) is 66.6 Å². The van der Waals surface area contributed by atoms with Crippen LogP contribution in [0.3, 0.4) is 0 Å². The van der Waals surface area contributed by atoms with Gasteiger partial charge in [-0.05, 0) is 43.0 Å². The lowest BCUT2D eigenvalue weighted by atomic mass is 10.1. The third-order valence-electron chi connectivity index (χ3n) is 3.35. The summed E-state index contributed by atoms with van der Waals surface area (Å²) in [6.07, 6.45) is 1.02. The number of rotatable bonds is 4. The van der Waals surface area contributed by atoms with Gasteiger partial charge in [0, 0.05) is 6.54 Å². The zero-order valence-electron chi connectivity index (χ0n) is 11.8. The molecular weight excluding hydrogens is 264 g/mol. The summed E-state index contributed by atoms with van der Waals surface area (Å²) in [7, 11) is 0. The van der Waals surface area contributed by atoms with Gasteiger partial charge >= 0.3 is 0 Å². The normalized spacial score (nSPS) is 10.9. The smallest absolute Gasteiger partial charge is 0.183 e. The highest BCUT2D eigenvalue weighted by atomic mass is 32.1. The fourth-order valence-electron chi connectivity index (χ4n) is 2.41. The van der Waals surface area contributed by atoms with Crippen LogP contribution >= 0.6 is 11.3 Å². The van der Waals surface area contributed by atoms with Gasteiger partial charge in [-0.25, -0.2) is 4.98 Å². The summed E-state index contributed by atoms with van der Waals surface area (Å²) in [6.45, 7) is 5.19. The molecule has 0 aliphatic carbocycles. The van der Waals surface area contributed by atoms with Crippen LogP contribution in [-0.2, 0) is 6.42 Å². The van der Waals surface area contributed by atoms with E-state index in [1.54, 1.807) is 11.3 Å². The van der Waals surface area contributed by atoms with Crippen molar-refractivity contribution in [2.75, 3.05) is 11.9 Å². The Morgan fingerprint density at radius 3 is 2.70 bits per heavy atom. The third-order valence-corrected chi connectivity index (χ3v) is 4.52. The molecule has 2 aromatic carbocycles. The Hall–Kier alpha value is -1.87. The number of hydrogen-bond acceptors (Lipinski definition) is 3. The van der Waals surface area contributed by atoms with Gasteiger partial charge in [0.1, 0.15) is 0 Å². The van der Waals surface area contributed by atoms with Crippen molar-refractivity contribution in [1.82, 2.24) is 4.98 Å². The molecule has 0 aliphatic rings. The van der Waals surface area contributed by atoms with Crippen molar-refractivity contribution in [3.63, 3.8) is 0 Å². The quantitative estimate of drug-likeness (QED) is 0.758. The zero-order valence-corrected chi connectivity index (χ0v) is 12.6. The maximum atomic E-state index is 4.67. The average molecular weight is 282 g/mol. The molecule has 1 N–H and O–H groups in total. The molecule has 1 heterocycles. The topological polar surface area (TPSA) is 24.9 Å². The van der Waals surface area contributed by atoms with Crippen LogP contribution in [0.15, 0.2) is 42.5 Å². The third kappa shape index (κ3) is 2.83. The van der Waals surface area contributed by atoms with Gasteiger partial charge in [-0.2, -0.15) is 0 Å². The van der Waals surface area contributed by atoms with E-state index < -0.39 is 0 Å². The summed E-state index contributed by atoms with van der Waals surface area (Å²) in [4.78, 5) is 4.67. The first-order valence-corrected chi connectivity index (χ1v) is 7.69. The lowest BCUT2D eigenvalue weighted by Crippen LogP contribution is -2.04. The van der Waals surface area contributed by atoms with E-state index in [4.69, 9.17) is 0 Å². The highest BCUT2D eigenvalue weighted by Crippen LogP contribution is 2.29. The number of nitrogens with one attached hydrogen (secondary N) is 1. The van der Waals surface area contributed by atoms with Crippen molar-refractivity contribution in [2.45, 2.75) is 20.3 Å². The fourth-order valence-corrected chi connectivity index (χ4v) is 3.35. The van der Waals surface area contributed by atoms with E-state index in [0.29, 0.717) is 0 Å². The molecule has 0 atom stereocenters. The number of anilines is 1. The molecule has 20 heavy (non-hydrogen) atoms. The zero-order chi connectivity index (χ0) is 13.9. The molecule has 2 nitrogen and oxygen atoms in total. The van der Waals surface area contributed by atoms with Gasteiger partial charge in [0.25, 0.3) is 0 Å². The first-order chi connectivity index (χ1) is 9.72. The lowest BCUT2D eigenvalue weighted by Gasteiger charge is -2.02. The van der Waals surface area contributed by atoms with Crippen LogP contribution in [-0.4, -0.2) is 11.5 Å². The number of aromatic nitrogens is 1. The van der Waals surface area contributed by atoms with Crippen molar-refractivity contribution < 1.29 is 0 Å². The lowest BCUT2D eigenvalue weighted by molar-refractivity contribution is 1.02. The van der Waals surface area contributed by atoms with Gasteiger partial charge in [0.05, 0.1) is 10.2 Å². The van der Waals surface area contributed by atoms with Crippen molar-refractivity contribution in [1.29, 1.82) is 0 Å². The largest absolute Gasteiger partial charge is 0.361 e. The van der Waals surface area contributed by atoms with E-state index in [1.807, 2.05) is 0 Å². The predicted octanol–water partition coefficient (Wildman–Crippen LogP) is 4.57. The van der Waals surface area contributed by atoms with Crippen LogP contribution in [0.4, 0.5) is 5.13 Å². The van der Waals surface area contributed by atoms with Gasteiger partial charge < -0.3 is 5.32 Å². The fraction of sp³-hybridized carbons (Fsp3) is 0.235. The minimum absolute atomic E-state index is 0.919. The maximum Gasteiger partial charge on any atom is 0.183 e. The minimum atomic E-state index is 0.919. The average Bonchev–Trinajstić information content (AvgIpc) is 2.83. The second-order valence-corrected chi connectivity index (χ2v) is 6.11. The molecule has 3 heteroatoms. The molecule has 0 saturated heterocycles. The van der Waals surface area contributed by atoms with E-state index in [-0.39, 0.29) is 0 Å². The second-order valence-electron chi connectivity index (χ2n) is 5.11. The SMILES string of the molecule is Cc1cc(C)c2sc(NCCc3ccccc3)nc2c1. The van der Waals surface area contributed by atoms with Crippen LogP contribution in [0.2, 0.25) is 0 Å². The van der Waals surface area contributed by atoms with E-state index in [1.165, 1.54) is 21.4 Å². The van der Waals surface area contributed by atoms with E-state index in [0.717, 1.165) is 23.6 Å². The molecular formula is C17H18N2S. The molecule has 0 spiro atoms. The molecule has 0 unspecified atom stereocenters. The van der Waals surface area contributed by atoms with Crippen molar-refractivity contribution in [3.05, 3.63) is 59.2 Å². The monoisotopic (exact) mass is 282 g/mol. The molecule has 0 saturated carbocycles. The summed E-state index contributed by atoms with van der Waals surface area (Å²) in [5.41, 5.74) is 5.05. The maximum absolute atomic E-state index is 4.67. The Kier molecular flexibility index (Phi) is 3.70. The van der Waals surface area contributed by atoms with Crippen LogP contribution in [0.5, 0.6) is 0 Å². The molecule has 0 fully saturated rings. The van der Waals surface area contributed by atoms with Gasteiger partial charge in [-0.3, -0.25) is 0 Å². The Balaban J connectivity index is 1.70. The molecule has 3 rings (SSSR count). The summed E-state index contributed by atoms with van der Waals surface area (Å²) >= 11 is 1.75. The van der Waals surface area contributed by atoms with Gasteiger partial charge in [-0.15, -0.1) is 0 Å². The number of benzene rings is 2. The molecule has 3 aromatic rings. The van der Waals surface area contributed by atoms with E-state index >= 15 is 0 Å². The van der Waals surface area contributed by atoms with Crippen LogP contribution in [0.25, 0.3) is 10.2 Å². The van der Waals surface area contributed by atoms with Crippen molar-refractivity contribution in [3.8, 4) is 0 Å². The number of nitrogens with zero attached hydrogens (tertiary/aromatic N) is 1. The Morgan fingerprint density at radius 2 is 1.90 bits per heavy atom.